The summed E-state index contributed by atoms with van der Waals surface area (Å²) in [4.78, 5) is 35.3. The van der Waals surface area contributed by atoms with E-state index in [4.69, 9.17) is 23.7 Å². The van der Waals surface area contributed by atoms with Crippen molar-refractivity contribution in [3.8, 4) is 17.2 Å². The minimum Gasteiger partial charge on any atom is -0.497 e. The smallest absolute Gasteiger partial charge is 0.338 e. The first kappa shape index (κ1) is 24.5. The average molecular weight is 494 g/mol. The van der Waals surface area contributed by atoms with E-state index in [2.05, 4.69) is 5.32 Å². The largest absolute Gasteiger partial charge is 0.497 e. The van der Waals surface area contributed by atoms with Crippen molar-refractivity contribution in [1.82, 2.24) is 0 Å². The molecule has 186 valence electrons. The maximum absolute atomic E-state index is 12.5. The quantitative estimate of drug-likeness (QED) is 0.267. The van der Waals surface area contributed by atoms with Crippen LogP contribution in [-0.2, 0) is 27.5 Å². The third kappa shape index (κ3) is 6.07. The van der Waals surface area contributed by atoms with Crippen molar-refractivity contribution in [2.75, 3.05) is 25.8 Å². The number of esters is 1. The second-order valence-electron chi connectivity index (χ2n) is 7.63. The van der Waals surface area contributed by atoms with E-state index in [1.807, 2.05) is 0 Å². The Morgan fingerprint density at radius 3 is 2.64 bits per heavy atom. The molecular formula is C25H22N2O9. The first-order chi connectivity index (χ1) is 17.4. The zero-order valence-electron chi connectivity index (χ0n) is 19.2. The van der Waals surface area contributed by atoms with Crippen LogP contribution in [0.1, 0.15) is 21.5 Å². The Morgan fingerprint density at radius 1 is 1.08 bits per heavy atom. The Morgan fingerprint density at radius 2 is 1.89 bits per heavy atom. The Bertz CT molecular complexity index is 1280. The van der Waals surface area contributed by atoms with Gasteiger partial charge in [-0.2, -0.15) is 0 Å². The molecule has 1 aliphatic heterocycles. The Kier molecular flexibility index (Phi) is 7.61. The van der Waals surface area contributed by atoms with Crippen molar-refractivity contribution in [3.05, 3.63) is 87.5 Å². The van der Waals surface area contributed by atoms with Gasteiger partial charge in [0.05, 0.1) is 24.2 Å². The lowest BCUT2D eigenvalue weighted by Crippen LogP contribution is -2.20. The van der Waals surface area contributed by atoms with Gasteiger partial charge in [0.15, 0.2) is 13.4 Å². The lowest BCUT2D eigenvalue weighted by atomic mass is 10.1. The number of carbonyl (C=O) groups is 2. The monoisotopic (exact) mass is 494 g/mol. The first-order valence-electron chi connectivity index (χ1n) is 10.8. The Labute approximate surface area is 205 Å². The van der Waals surface area contributed by atoms with E-state index in [9.17, 15) is 19.7 Å². The number of amides is 1. The summed E-state index contributed by atoms with van der Waals surface area (Å²) < 4.78 is 26.5. The molecule has 0 saturated carbocycles. The Hall–Kier alpha value is -4.64. The van der Waals surface area contributed by atoms with Gasteiger partial charge in [-0.15, -0.1) is 0 Å². The van der Waals surface area contributed by atoms with Crippen molar-refractivity contribution in [2.45, 2.75) is 13.2 Å². The number of anilines is 1. The number of hydrogen-bond acceptors (Lipinski definition) is 9. The molecule has 0 radical (unpaired) electrons. The van der Waals surface area contributed by atoms with Crippen LogP contribution in [0.4, 0.5) is 11.4 Å². The van der Waals surface area contributed by atoms with E-state index in [1.165, 1.54) is 43.5 Å². The highest BCUT2D eigenvalue weighted by molar-refractivity contribution is 5.92. The predicted octanol–water partition coefficient (Wildman–Crippen LogP) is 3.84. The van der Waals surface area contributed by atoms with E-state index >= 15 is 0 Å². The number of nitro benzene ring substituents is 1. The summed E-state index contributed by atoms with van der Waals surface area (Å²) in [7, 11) is 1.54. The maximum atomic E-state index is 12.5. The van der Waals surface area contributed by atoms with Crippen LogP contribution in [0, 0.1) is 10.1 Å². The van der Waals surface area contributed by atoms with Gasteiger partial charge in [0, 0.05) is 35.0 Å². The second-order valence-corrected chi connectivity index (χ2v) is 7.63. The van der Waals surface area contributed by atoms with Gasteiger partial charge in [-0.05, 0) is 36.4 Å². The summed E-state index contributed by atoms with van der Waals surface area (Å²) in [6, 6.07) is 15.7. The van der Waals surface area contributed by atoms with Crippen molar-refractivity contribution in [3.63, 3.8) is 0 Å². The topological polar surface area (TPSA) is 135 Å². The second kappa shape index (κ2) is 11.2. The fourth-order valence-electron chi connectivity index (χ4n) is 3.45. The summed E-state index contributed by atoms with van der Waals surface area (Å²) in [5.74, 6) is 0.413. The predicted molar refractivity (Wildman–Crippen MR) is 126 cm³/mol. The van der Waals surface area contributed by atoms with Crippen molar-refractivity contribution in [1.29, 1.82) is 0 Å². The molecule has 1 heterocycles. The lowest BCUT2D eigenvalue weighted by Gasteiger charge is -2.20. The normalized spacial score (nSPS) is 12.0. The summed E-state index contributed by atoms with van der Waals surface area (Å²) in [5.41, 5.74) is 1.55. The number of benzene rings is 3. The van der Waals surface area contributed by atoms with E-state index in [0.717, 1.165) is 0 Å². The minimum absolute atomic E-state index is 0.00475. The van der Waals surface area contributed by atoms with E-state index < -0.39 is 10.9 Å². The number of non-ortho nitro benzene ring substituents is 1. The molecule has 0 unspecified atom stereocenters. The molecule has 0 spiro atoms. The number of ether oxygens (including phenoxy) is 5. The van der Waals surface area contributed by atoms with E-state index in [1.54, 1.807) is 24.3 Å². The molecular weight excluding hydrogens is 472 g/mol. The van der Waals surface area contributed by atoms with Crippen LogP contribution < -0.4 is 19.5 Å². The highest BCUT2D eigenvalue weighted by Gasteiger charge is 2.22. The molecule has 0 atom stereocenters. The standard InChI is InChI=1S/C25H22N2O9/c1-32-22-4-2-3-19(11-22)26-23(28)14-34-21-7-5-16(6-8-21)25(29)35-13-18-10-20(27(30)31)9-17-12-33-15-36-24(17)18/h2-11H,12-15H2,1H3,(H,26,28). The van der Waals surface area contributed by atoms with Gasteiger partial charge in [-0.25, -0.2) is 4.79 Å². The van der Waals surface area contributed by atoms with Crippen LogP contribution in [0.25, 0.3) is 0 Å². The van der Waals surface area contributed by atoms with Gasteiger partial charge in [0.1, 0.15) is 23.9 Å². The number of carbonyl (C=O) groups excluding carboxylic acids is 2. The fourth-order valence-corrected chi connectivity index (χ4v) is 3.45. The molecule has 11 heteroatoms. The fraction of sp³-hybridized carbons (Fsp3) is 0.200. The van der Waals surface area contributed by atoms with Crippen LogP contribution >= 0.6 is 0 Å². The molecule has 1 amide bonds. The first-order valence-corrected chi connectivity index (χ1v) is 10.8. The molecule has 3 aromatic rings. The zero-order chi connectivity index (χ0) is 25.5. The third-order valence-electron chi connectivity index (χ3n) is 5.15. The molecule has 0 bridgehead atoms. The Balaban J connectivity index is 1.32. The van der Waals surface area contributed by atoms with Crippen LogP contribution in [0.3, 0.4) is 0 Å². The van der Waals surface area contributed by atoms with Gasteiger partial charge in [0.25, 0.3) is 11.6 Å². The van der Waals surface area contributed by atoms with Gasteiger partial charge in [0.2, 0.25) is 0 Å². The lowest BCUT2D eigenvalue weighted by molar-refractivity contribution is -0.385. The van der Waals surface area contributed by atoms with Gasteiger partial charge >= 0.3 is 5.97 Å². The molecule has 1 N–H and O–H groups in total. The van der Waals surface area contributed by atoms with Gasteiger partial charge in [-0.1, -0.05) is 6.07 Å². The van der Waals surface area contributed by atoms with Crippen molar-refractivity contribution in [2.24, 2.45) is 0 Å². The highest BCUT2D eigenvalue weighted by Crippen LogP contribution is 2.33. The van der Waals surface area contributed by atoms with Crippen LogP contribution in [-0.4, -0.2) is 37.3 Å². The number of nitro groups is 1. The molecule has 4 rings (SSSR count). The summed E-state index contributed by atoms with van der Waals surface area (Å²) in [6.45, 7) is -0.282. The molecule has 0 saturated heterocycles. The average Bonchev–Trinajstić information content (AvgIpc) is 2.90. The van der Waals surface area contributed by atoms with E-state index in [-0.39, 0.29) is 43.8 Å². The van der Waals surface area contributed by atoms with Gasteiger partial charge in [-0.3, -0.25) is 14.9 Å². The number of fused-ring (bicyclic) bond motifs is 1. The van der Waals surface area contributed by atoms with Crippen LogP contribution in [0.15, 0.2) is 60.7 Å². The summed E-state index contributed by atoms with van der Waals surface area (Å²) in [5, 5.41) is 13.9. The molecule has 1 aliphatic rings. The zero-order valence-corrected chi connectivity index (χ0v) is 19.2. The SMILES string of the molecule is COc1cccc(NC(=O)COc2ccc(C(=O)OCc3cc([N+](=O)[O-])cc4c3OCOC4)cc2)c1. The molecule has 0 fully saturated rings. The van der Waals surface area contributed by atoms with E-state index in [0.29, 0.717) is 34.1 Å². The van der Waals surface area contributed by atoms with Crippen LogP contribution in [0.5, 0.6) is 17.2 Å². The molecule has 11 nitrogen and oxygen atoms in total. The number of hydrogen-bond donors (Lipinski definition) is 1. The van der Waals surface area contributed by atoms with Crippen molar-refractivity contribution < 1.29 is 38.2 Å². The van der Waals surface area contributed by atoms with Crippen molar-refractivity contribution >= 4 is 23.3 Å². The summed E-state index contributed by atoms with van der Waals surface area (Å²) >= 11 is 0. The maximum Gasteiger partial charge on any atom is 0.338 e. The summed E-state index contributed by atoms with van der Waals surface area (Å²) in [6.07, 6.45) is 0. The molecule has 3 aromatic carbocycles. The molecule has 36 heavy (non-hydrogen) atoms. The number of nitrogens with zero attached hydrogens (tertiary/aromatic N) is 1. The van der Waals surface area contributed by atoms with Gasteiger partial charge < -0.3 is 29.0 Å². The van der Waals surface area contributed by atoms with Crippen LogP contribution in [0.2, 0.25) is 0 Å². The third-order valence-corrected chi connectivity index (χ3v) is 5.15. The number of rotatable bonds is 9. The molecule has 0 aromatic heterocycles. The highest BCUT2D eigenvalue weighted by atomic mass is 16.7. The minimum atomic E-state index is -0.635. The molecule has 0 aliphatic carbocycles. The number of methoxy groups -OCH3 is 1. The number of nitrogens with one attached hydrogen (secondary N) is 1.